The van der Waals surface area contributed by atoms with Crippen molar-refractivity contribution >= 4 is 17.5 Å². The van der Waals surface area contributed by atoms with Crippen molar-refractivity contribution in [3.05, 3.63) is 29.8 Å². The van der Waals surface area contributed by atoms with E-state index in [2.05, 4.69) is 25.5 Å². The molecule has 2 fully saturated rings. The van der Waals surface area contributed by atoms with E-state index in [1.54, 1.807) is 6.20 Å². The van der Waals surface area contributed by atoms with Crippen LogP contribution in [0.25, 0.3) is 0 Å². The van der Waals surface area contributed by atoms with Crippen molar-refractivity contribution in [1.29, 1.82) is 0 Å². The Morgan fingerprint density at radius 2 is 2.25 bits per heavy atom. The number of carbonyl (C=O) groups excluding carboxylic acids is 1. The lowest BCUT2D eigenvalue weighted by atomic mass is 10.0. The maximum Gasteiger partial charge on any atom is 0.225 e. The first kappa shape index (κ1) is 15.1. The van der Waals surface area contributed by atoms with Crippen LogP contribution in [0.15, 0.2) is 18.3 Å². The number of aromatic amines is 1. The molecule has 1 amide bonds. The highest BCUT2D eigenvalue weighted by atomic mass is 16.2. The fourth-order valence-corrected chi connectivity index (χ4v) is 3.23. The molecule has 2 aromatic heterocycles. The first-order valence-corrected chi connectivity index (χ1v) is 8.57. The lowest BCUT2D eigenvalue weighted by Crippen LogP contribution is -2.30. The standard InChI is InChI=1S/C17H22N6O/c1-11-8-16(22-21-11)20-14-4-6-18-15(19-14)9-12-5-7-23(10-12)17(24)13-2-3-13/h4,6,8,12-13H,2-3,5,7,9-10H2,1H3,(H2,18,19,20,21,22)/t12-/m1/s1. The highest BCUT2D eigenvalue weighted by molar-refractivity contribution is 5.81. The Morgan fingerprint density at radius 1 is 1.38 bits per heavy atom. The summed E-state index contributed by atoms with van der Waals surface area (Å²) in [4.78, 5) is 23.1. The molecule has 0 spiro atoms. The Hall–Kier alpha value is -2.44. The van der Waals surface area contributed by atoms with Crippen LogP contribution in [0.4, 0.5) is 11.6 Å². The van der Waals surface area contributed by atoms with Gasteiger partial charge in [-0.3, -0.25) is 9.89 Å². The van der Waals surface area contributed by atoms with E-state index < -0.39 is 0 Å². The van der Waals surface area contributed by atoms with Crippen molar-refractivity contribution in [2.45, 2.75) is 32.6 Å². The predicted octanol–water partition coefficient (Wildman–Crippen LogP) is 2.05. The van der Waals surface area contributed by atoms with E-state index in [0.29, 0.717) is 17.7 Å². The second-order valence-electron chi connectivity index (χ2n) is 6.84. The van der Waals surface area contributed by atoms with Crippen LogP contribution in [0.5, 0.6) is 0 Å². The molecule has 24 heavy (non-hydrogen) atoms. The van der Waals surface area contributed by atoms with Gasteiger partial charge in [0.05, 0.1) is 0 Å². The van der Waals surface area contributed by atoms with E-state index in [9.17, 15) is 4.79 Å². The highest BCUT2D eigenvalue weighted by Gasteiger charge is 2.36. The van der Waals surface area contributed by atoms with Crippen molar-refractivity contribution in [2.75, 3.05) is 18.4 Å². The quantitative estimate of drug-likeness (QED) is 0.878. The van der Waals surface area contributed by atoms with Crippen molar-refractivity contribution in [3.63, 3.8) is 0 Å². The van der Waals surface area contributed by atoms with Gasteiger partial charge in [0.25, 0.3) is 0 Å². The molecule has 1 saturated heterocycles. The molecule has 3 heterocycles. The number of aromatic nitrogens is 4. The van der Waals surface area contributed by atoms with Crippen molar-refractivity contribution in [1.82, 2.24) is 25.1 Å². The minimum absolute atomic E-state index is 0.310. The zero-order valence-corrected chi connectivity index (χ0v) is 13.8. The van der Waals surface area contributed by atoms with Gasteiger partial charge in [-0.2, -0.15) is 5.10 Å². The van der Waals surface area contributed by atoms with Crippen LogP contribution >= 0.6 is 0 Å². The monoisotopic (exact) mass is 326 g/mol. The normalized spacial score (nSPS) is 20.4. The Morgan fingerprint density at radius 3 is 3.00 bits per heavy atom. The summed E-state index contributed by atoms with van der Waals surface area (Å²) in [7, 11) is 0. The van der Waals surface area contributed by atoms with Gasteiger partial charge in [0.15, 0.2) is 5.82 Å². The lowest BCUT2D eigenvalue weighted by molar-refractivity contribution is -0.131. The number of nitrogens with zero attached hydrogens (tertiary/aromatic N) is 4. The molecule has 4 rings (SSSR count). The number of nitrogens with one attached hydrogen (secondary N) is 2. The van der Waals surface area contributed by atoms with Gasteiger partial charge < -0.3 is 10.2 Å². The maximum absolute atomic E-state index is 12.1. The Kier molecular flexibility index (Phi) is 3.92. The zero-order valence-electron chi connectivity index (χ0n) is 13.8. The van der Waals surface area contributed by atoms with Crippen LogP contribution in [-0.2, 0) is 11.2 Å². The molecule has 7 heteroatoms. The summed E-state index contributed by atoms with van der Waals surface area (Å²) in [5, 5.41) is 10.2. The maximum atomic E-state index is 12.1. The summed E-state index contributed by atoms with van der Waals surface area (Å²) in [6.45, 7) is 3.68. The third-order valence-corrected chi connectivity index (χ3v) is 4.66. The fraction of sp³-hybridized carbons (Fsp3) is 0.529. The first-order chi connectivity index (χ1) is 11.7. The molecule has 0 bridgehead atoms. The number of hydrogen-bond donors (Lipinski definition) is 2. The van der Waals surface area contributed by atoms with E-state index in [1.807, 2.05) is 24.0 Å². The molecule has 2 aromatic rings. The van der Waals surface area contributed by atoms with Gasteiger partial charge in [-0.25, -0.2) is 9.97 Å². The molecule has 1 aliphatic carbocycles. The van der Waals surface area contributed by atoms with Crippen LogP contribution in [0.3, 0.4) is 0 Å². The van der Waals surface area contributed by atoms with Gasteiger partial charge in [-0.05, 0) is 38.2 Å². The lowest BCUT2D eigenvalue weighted by Gasteiger charge is -2.16. The third-order valence-electron chi connectivity index (χ3n) is 4.66. The molecule has 0 radical (unpaired) electrons. The molecule has 126 valence electrons. The number of amides is 1. The van der Waals surface area contributed by atoms with Gasteiger partial charge in [0.2, 0.25) is 5.91 Å². The van der Waals surface area contributed by atoms with Crippen LogP contribution in [-0.4, -0.2) is 44.1 Å². The van der Waals surface area contributed by atoms with Gasteiger partial charge in [0.1, 0.15) is 11.6 Å². The number of rotatable bonds is 5. The summed E-state index contributed by atoms with van der Waals surface area (Å²) in [5.41, 5.74) is 0.998. The number of anilines is 2. The molecule has 1 saturated carbocycles. The molecule has 7 nitrogen and oxygen atoms in total. The van der Waals surface area contributed by atoms with Gasteiger partial charge >= 0.3 is 0 Å². The Bertz CT molecular complexity index is 738. The van der Waals surface area contributed by atoms with Crippen LogP contribution in [0.2, 0.25) is 0 Å². The third kappa shape index (κ3) is 3.39. The largest absolute Gasteiger partial charge is 0.342 e. The molecule has 1 aliphatic heterocycles. The van der Waals surface area contributed by atoms with E-state index >= 15 is 0 Å². The summed E-state index contributed by atoms with van der Waals surface area (Å²) >= 11 is 0. The number of aryl methyl sites for hydroxylation is 1. The van der Waals surface area contributed by atoms with Crippen molar-refractivity contribution < 1.29 is 4.79 Å². The average Bonchev–Trinajstić information content (AvgIpc) is 3.19. The average molecular weight is 326 g/mol. The summed E-state index contributed by atoms with van der Waals surface area (Å²) in [5.74, 6) is 3.43. The van der Waals surface area contributed by atoms with Crippen LogP contribution in [0, 0.1) is 18.8 Å². The molecular weight excluding hydrogens is 304 g/mol. The number of H-pyrrole nitrogens is 1. The second-order valence-corrected chi connectivity index (χ2v) is 6.84. The minimum Gasteiger partial charge on any atom is -0.342 e. The second kappa shape index (κ2) is 6.22. The van der Waals surface area contributed by atoms with E-state index in [0.717, 1.165) is 61.9 Å². The van der Waals surface area contributed by atoms with E-state index in [-0.39, 0.29) is 0 Å². The number of likely N-dealkylation sites (tertiary alicyclic amines) is 1. The van der Waals surface area contributed by atoms with E-state index in [1.165, 1.54) is 0 Å². The summed E-state index contributed by atoms with van der Waals surface area (Å²) in [6, 6.07) is 3.77. The Balaban J connectivity index is 1.36. The summed E-state index contributed by atoms with van der Waals surface area (Å²) < 4.78 is 0. The SMILES string of the molecule is Cc1cc(Nc2ccnc(C[C@H]3CCN(C(=O)C4CC4)C3)n2)n[nH]1. The van der Waals surface area contributed by atoms with Crippen LogP contribution in [0.1, 0.15) is 30.8 Å². The number of hydrogen-bond acceptors (Lipinski definition) is 5. The highest BCUT2D eigenvalue weighted by Crippen LogP contribution is 2.33. The van der Waals surface area contributed by atoms with Gasteiger partial charge in [0, 0.05) is 43.4 Å². The summed E-state index contributed by atoms with van der Waals surface area (Å²) in [6.07, 6.45) is 5.76. The molecule has 1 atom stereocenters. The zero-order chi connectivity index (χ0) is 16.5. The number of carbonyl (C=O) groups is 1. The van der Waals surface area contributed by atoms with Gasteiger partial charge in [-0.15, -0.1) is 0 Å². The van der Waals surface area contributed by atoms with E-state index in [4.69, 9.17) is 0 Å². The molecule has 2 aliphatic rings. The predicted molar refractivity (Wildman–Crippen MR) is 89.8 cm³/mol. The Labute approximate surface area is 140 Å². The van der Waals surface area contributed by atoms with Crippen molar-refractivity contribution in [3.8, 4) is 0 Å². The van der Waals surface area contributed by atoms with Crippen molar-refractivity contribution in [2.24, 2.45) is 11.8 Å². The van der Waals surface area contributed by atoms with Crippen LogP contribution < -0.4 is 5.32 Å². The molecule has 2 N–H and O–H groups in total. The first-order valence-electron chi connectivity index (χ1n) is 8.57. The van der Waals surface area contributed by atoms with Gasteiger partial charge in [-0.1, -0.05) is 0 Å². The topological polar surface area (TPSA) is 86.8 Å². The molecule has 0 unspecified atom stereocenters. The minimum atomic E-state index is 0.310. The molecular formula is C17H22N6O. The smallest absolute Gasteiger partial charge is 0.225 e. The molecule has 0 aromatic carbocycles. The fourth-order valence-electron chi connectivity index (χ4n) is 3.23.